The van der Waals surface area contributed by atoms with Crippen molar-refractivity contribution in [3.05, 3.63) is 44.6 Å². The molecule has 0 spiro atoms. The second kappa shape index (κ2) is 7.56. The number of thiophene rings is 1. The van der Waals surface area contributed by atoms with Crippen LogP contribution in [0.5, 0.6) is 5.75 Å². The number of carbonyl (C=O) groups is 2. The van der Waals surface area contributed by atoms with Gasteiger partial charge in [0, 0.05) is 17.0 Å². The van der Waals surface area contributed by atoms with Crippen LogP contribution in [0.1, 0.15) is 41.1 Å². The average molecular weight is 439 g/mol. The highest BCUT2D eigenvalue weighted by molar-refractivity contribution is 7.18. The topological polar surface area (TPSA) is 94.4 Å². The SMILES string of the molecule is CCN1C(=O)COc2ccc(C(=O)Cn3nnc4sc5c(c4c3=O)CCC(C)C5)cc21. The zero-order chi connectivity index (χ0) is 21.7. The summed E-state index contributed by atoms with van der Waals surface area (Å²) in [5.41, 5.74) is 1.77. The minimum atomic E-state index is -0.273. The summed E-state index contributed by atoms with van der Waals surface area (Å²) in [6, 6.07) is 4.98. The number of carbonyl (C=O) groups excluding carboxylic acids is 2. The van der Waals surface area contributed by atoms with E-state index in [4.69, 9.17) is 4.74 Å². The number of Topliss-reactive ketones (excluding diaryl/α,β-unsaturated/α-hetero) is 1. The lowest BCUT2D eigenvalue weighted by Gasteiger charge is -2.28. The van der Waals surface area contributed by atoms with Gasteiger partial charge >= 0.3 is 0 Å². The lowest BCUT2D eigenvalue weighted by molar-refractivity contribution is -0.121. The molecule has 3 heterocycles. The summed E-state index contributed by atoms with van der Waals surface area (Å²) in [6.07, 6.45) is 2.86. The van der Waals surface area contributed by atoms with Gasteiger partial charge in [-0.25, -0.2) is 4.68 Å². The van der Waals surface area contributed by atoms with Gasteiger partial charge in [-0.2, -0.15) is 0 Å². The number of hydrogen-bond acceptors (Lipinski definition) is 7. The first-order valence-electron chi connectivity index (χ1n) is 10.4. The highest BCUT2D eigenvalue weighted by Gasteiger charge is 2.26. The smallest absolute Gasteiger partial charge is 0.279 e. The molecule has 0 N–H and O–H groups in total. The maximum absolute atomic E-state index is 13.1. The molecule has 0 radical (unpaired) electrons. The molecule has 1 unspecified atom stereocenters. The minimum Gasteiger partial charge on any atom is -0.482 e. The van der Waals surface area contributed by atoms with Crippen LogP contribution < -0.4 is 15.2 Å². The van der Waals surface area contributed by atoms with E-state index in [1.165, 1.54) is 16.2 Å². The largest absolute Gasteiger partial charge is 0.482 e. The molecular formula is C22H22N4O4S. The molecule has 1 aliphatic carbocycles. The van der Waals surface area contributed by atoms with Crippen molar-refractivity contribution in [3.63, 3.8) is 0 Å². The van der Waals surface area contributed by atoms with Gasteiger partial charge in [-0.3, -0.25) is 14.4 Å². The van der Waals surface area contributed by atoms with Crippen LogP contribution >= 0.6 is 11.3 Å². The van der Waals surface area contributed by atoms with Crippen LogP contribution in [-0.2, 0) is 24.2 Å². The van der Waals surface area contributed by atoms with E-state index >= 15 is 0 Å². The fraction of sp³-hybridized carbons (Fsp3) is 0.409. The van der Waals surface area contributed by atoms with E-state index in [-0.39, 0.29) is 30.4 Å². The first kappa shape index (κ1) is 19.9. The van der Waals surface area contributed by atoms with Crippen LogP contribution in [-0.4, -0.2) is 39.8 Å². The normalized spacial score (nSPS) is 17.9. The number of aryl methyl sites for hydroxylation is 1. The maximum Gasteiger partial charge on any atom is 0.279 e. The first-order valence-corrected chi connectivity index (χ1v) is 11.3. The van der Waals surface area contributed by atoms with Gasteiger partial charge in [-0.15, -0.1) is 16.4 Å². The van der Waals surface area contributed by atoms with Gasteiger partial charge in [-0.1, -0.05) is 12.1 Å². The van der Waals surface area contributed by atoms with Crippen LogP contribution in [0.4, 0.5) is 5.69 Å². The molecular weight excluding hydrogens is 416 g/mol. The second-order valence-corrected chi connectivity index (χ2v) is 9.20. The van der Waals surface area contributed by atoms with Gasteiger partial charge in [-0.05, 0) is 55.9 Å². The molecule has 0 fully saturated rings. The Morgan fingerprint density at radius 1 is 1.32 bits per heavy atom. The number of hydrogen-bond donors (Lipinski definition) is 0. The quantitative estimate of drug-likeness (QED) is 0.581. The van der Waals surface area contributed by atoms with Crippen molar-refractivity contribution in [2.45, 2.75) is 39.7 Å². The molecule has 31 heavy (non-hydrogen) atoms. The van der Waals surface area contributed by atoms with Gasteiger partial charge in [0.15, 0.2) is 17.2 Å². The standard InChI is InChI=1S/C22H22N4O4S/c1-3-25-15-9-13(5-7-17(15)30-11-19(25)28)16(27)10-26-22(29)20-14-6-4-12(2)8-18(14)31-21(20)23-24-26/h5,7,9,12H,3-4,6,8,10-11H2,1-2H3. The Bertz CT molecular complexity index is 1280. The van der Waals surface area contributed by atoms with E-state index in [2.05, 4.69) is 17.2 Å². The molecule has 3 aromatic rings. The van der Waals surface area contributed by atoms with Crippen LogP contribution in [0, 0.1) is 5.92 Å². The zero-order valence-corrected chi connectivity index (χ0v) is 18.2. The van der Waals surface area contributed by atoms with Crippen molar-refractivity contribution in [1.82, 2.24) is 15.0 Å². The number of nitrogens with zero attached hydrogens (tertiary/aromatic N) is 4. The third-order valence-corrected chi connectivity index (χ3v) is 7.16. The monoisotopic (exact) mass is 438 g/mol. The van der Waals surface area contributed by atoms with Crippen molar-refractivity contribution in [1.29, 1.82) is 0 Å². The summed E-state index contributed by atoms with van der Waals surface area (Å²) in [4.78, 5) is 41.6. The highest BCUT2D eigenvalue weighted by Crippen LogP contribution is 2.35. The molecule has 1 amide bonds. The number of fused-ring (bicyclic) bond motifs is 4. The fourth-order valence-corrected chi connectivity index (χ4v) is 5.66. The van der Waals surface area contributed by atoms with E-state index in [0.717, 1.165) is 29.5 Å². The lowest BCUT2D eigenvalue weighted by Crippen LogP contribution is -2.38. The Balaban J connectivity index is 1.47. The summed E-state index contributed by atoms with van der Waals surface area (Å²) >= 11 is 1.54. The molecule has 160 valence electrons. The fourth-order valence-electron chi connectivity index (χ4n) is 4.34. The van der Waals surface area contributed by atoms with Gasteiger partial charge in [0.05, 0.1) is 11.1 Å². The van der Waals surface area contributed by atoms with Gasteiger partial charge in [0.1, 0.15) is 12.3 Å². The zero-order valence-electron chi connectivity index (χ0n) is 17.4. The Labute approximate surface area is 182 Å². The minimum absolute atomic E-state index is 0.0110. The van der Waals surface area contributed by atoms with E-state index in [0.29, 0.717) is 39.7 Å². The summed E-state index contributed by atoms with van der Waals surface area (Å²) in [5.74, 6) is 0.740. The Morgan fingerprint density at radius 2 is 2.16 bits per heavy atom. The van der Waals surface area contributed by atoms with Crippen LogP contribution in [0.3, 0.4) is 0 Å². The first-order chi connectivity index (χ1) is 15.0. The molecule has 0 saturated heterocycles. The average Bonchev–Trinajstić information content (AvgIpc) is 3.13. The van der Waals surface area contributed by atoms with Crippen molar-refractivity contribution >= 4 is 38.9 Å². The van der Waals surface area contributed by atoms with Crippen molar-refractivity contribution in [3.8, 4) is 5.75 Å². The Kier molecular flexibility index (Phi) is 4.85. The van der Waals surface area contributed by atoms with E-state index in [1.54, 1.807) is 23.1 Å². The predicted octanol–water partition coefficient (Wildman–Crippen LogP) is 2.61. The number of amides is 1. The predicted molar refractivity (Wildman–Crippen MR) is 117 cm³/mol. The summed E-state index contributed by atoms with van der Waals surface area (Å²) < 4.78 is 6.61. The molecule has 8 nitrogen and oxygen atoms in total. The number of aromatic nitrogens is 3. The van der Waals surface area contributed by atoms with Crippen LogP contribution in [0.15, 0.2) is 23.0 Å². The molecule has 2 aliphatic rings. The molecule has 1 aromatic carbocycles. The second-order valence-electron chi connectivity index (χ2n) is 8.12. The Morgan fingerprint density at radius 3 is 2.97 bits per heavy atom. The number of anilines is 1. The van der Waals surface area contributed by atoms with Gasteiger partial charge in [0.25, 0.3) is 11.5 Å². The van der Waals surface area contributed by atoms with Crippen molar-refractivity contribution < 1.29 is 14.3 Å². The van der Waals surface area contributed by atoms with E-state index in [9.17, 15) is 14.4 Å². The molecule has 2 aromatic heterocycles. The molecule has 5 rings (SSSR count). The maximum atomic E-state index is 13.1. The number of ketones is 1. The van der Waals surface area contributed by atoms with E-state index < -0.39 is 0 Å². The van der Waals surface area contributed by atoms with E-state index in [1.807, 2.05) is 6.92 Å². The lowest BCUT2D eigenvalue weighted by atomic mass is 9.89. The van der Waals surface area contributed by atoms with Gasteiger partial charge < -0.3 is 9.64 Å². The number of benzene rings is 1. The number of ether oxygens (including phenoxy) is 1. The van der Waals surface area contributed by atoms with Crippen molar-refractivity contribution in [2.24, 2.45) is 5.92 Å². The van der Waals surface area contributed by atoms with Crippen molar-refractivity contribution in [2.75, 3.05) is 18.1 Å². The van der Waals surface area contributed by atoms with Crippen LogP contribution in [0.2, 0.25) is 0 Å². The summed E-state index contributed by atoms with van der Waals surface area (Å²) in [6.45, 7) is 4.35. The van der Waals surface area contributed by atoms with Crippen LogP contribution in [0.25, 0.3) is 10.2 Å². The third-order valence-electron chi connectivity index (χ3n) is 6.02. The summed E-state index contributed by atoms with van der Waals surface area (Å²) in [5, 5.41) is 8.86. The molecule has 9 heteroatoms. The number of likely N-dealkylation sites (N-methyl/N-ethyl adjacent to an activating group) is 1. The third kappa shape index (κ3) is 3.33. The molecule has 0 saturated carbocycles. The molecule has 0 bridgehead atoms. The molecule has 1 aliphatic heterocycles. The van der Waals surface area contributed by atoms with Gasteiger partial charge in [0.2, 0.25) is 0 Å². The summed E-state index contributed by atoms with van der Waals surface area (Å²) in [7, 11) is 0. The highest BCUT2D eigenvalue weighted by atomic mass is 32.1. The molecule has 1 atom stereocenters. The Hall–Kier alpha value is -3.07. The number of rotatable bonds is 4.